The lowest BCUT2D eigenvalue weighted by atomic mass is 10.1. The zero-order chi connectivity index (χ0) is 14.7. The van der Waals surface area contributed by atoms with Crippen LogP contribution in [0.15, 0.2) is 6.07 Å². The monoisotopic (exact) mass is 296 g/mol. The summed E-state index contributed by atoms with van der Waals surface area (Å²) < 4.78 is 9.68. The number of cyclic esters (lactones) is 1. The topological polar surface area (TPSA) is 69.7 Å². The fourth-order valence-corrected chi connectivity index (χ4v) is 3.00. The predicted octanol–water partition coefficient (Wildman–Crippen LogP) is 2.19. The van der Waals surface area contributed by atoms with Crippen LogP contribution in [-0.4, -0.2) is 30.4 Å². The fourth-order valence-electron chi connectivity index (χ4n) is 2.06. The van der Waals surface area contributed by atoms with Crippen LogP contribution in [0.4, 0.5) is 0 Å². The van der Waals surface area contributed by atoms with Gasteiger partial charge in [-0.25, -0.2) is 4.79 Å². The number of Topliss-reactive ketones (excluding diaryl/α,β-unsaturated/α-hetero) is 1. The Morgan fingerprint density at radius 1 is 1.40 bits per heavy atom. The van der Waals surface area contributed by atoms with Gasteiger partial charge in [-0.05, 0) is 19.9 Å². The van der Waals surface area contributed by atoms with Crippen LogP contribution in [0.1, 0.15) is 39.4 Å². The van der Waals surface area contributed by atoms with Crippen molar-refractivity contribution >= 4 is 29.1 Å². The summed E-state index contributed by atoms with van der Waals surface area (Å²) in [4.78, 5) is 36.8. The molecular weight excluding hydrogens is 280 g/mol. The average molecular weight is 296 g/mol. The highest BCUT2D eigenvalue weighted by Gasteiger charge is 2.30. The van der Waals surface area contributed by atoms with Gasteiger partial charge in [-0.1, -0.05) is 0 Å². The van der Waals surface area contributed by atoms with E-state index in [1.807, 2.05) is 19.9 Å². The number of esters is 2. The third-order valence-electron chi connectivity index (χ3n) is 3.06. The Morgan fingerprint density at radius 2 is 2.15 bits per heavy atom. The van der Waals surface area contributed by atoms with Crippen LogP contribution in [0.5, 0.6) is 0 Å². The number of hydrogen-bond acceptors (Lipinski definition) is 6. The molecule has 0 aliphatic carbocycles. The second-order valence-corrected chi connectivity index (χ2v) is 6.15. The van der Waals surface area contributed by atoms with E-state index in [4.69, 9.17) is 9.47 Å². The molecule has 1 fully saturated rings. The predicted molar refractivity (Wildman–Crippen MR) is 72.8 cm³/mol. The van der Waals surface area contributed by atoms with Crippen LogP contribution in [0.25, 0.3) is 0 Å². The van der Waals surface area contributed by atoms with Crippen molar-refractivity contribution in [1.29, 1.82) is 0 Å². The van der Waals surface area contributed by atoms with Crippen LogP contribution >= 0.6 is 11.3 Å². The Labute approximate surface area is 120 Å². The number of carbonyl (C=O) groups is 3. The Hall–Kier alpha value is -1.69. The molecule has 0 saturated carbocycles. The number of ketones is 1. The summed E-state index contributed by atoms with van der Waals surface area (Å²) in [5.74, 6) is -1.11. The summed E-state index contributed by atoms with van der Waals surface area (Å²) in [5, 5.41) is 0. The molecule has 6 heteroatoms. The lowest BCUT2D eigenvalue weighted by Crippen LogP contribution is -2.22. The van der Waals surface area contributed by atoms with E-state index in [1.165, 1.54) is 0 Å². The molecule has 1 aliphatic rings. The molecule has 2 rings (SSSR count). The van der Waals surface area contributed by atoms with Gasteiger partial charge in [0.25, 0.3) is 0 Å². The van der Waals surface area contributed by atoms with Crippen LogP contribution in [0.3, 0.4) is 0 Å². The van der Waals surface area contributed by atoms with Gasteiger partial charge in [0.05, 0.1) is 13.0 Å². The molecule has 0 radical (unpaired) electrons. The molecule has 1 atom stereocenters. The quantitative estimate of drug-likeness (QED) is 0.615. The van der Waals surface area contributed by atoms with E-state index >= 15 is 0 Å². The van der Waals surface area contributed by atoms with Crippen LogP contribution in [-0.2, 0) is 19.1 Å². The lowest BCUT2D eigenvalue weighted by molar-refractivity contribution is -0.160. The zero-order valence-corrected chi connectivity index (χ0v) is 12.2. The van der Waals surface area contributed by atoms with Gasteiger partial charge in [0, 0.05) is 28.2 Å². The smallest absolute Gasteiger partial charge is 0.347 e. The molecule has 108 valence electrons. The van der Waals surface area contributed by atoms with Gasteiger partial charge in [0.15, 0.2) is 5.78 Å². The van der Waals surface area contributed by atoms with Crippen molar-refractivity contribution in [2.24, 2.45) is 0 Å². The summed E-state index contributed by atoms with van der Waals surface area (Å²) in [6.07, 6.45) is -0.335. The maximum Gasteiger partial charge on any atom is 0.347 e. The molecule has 0 N–H and O–H groups in total. The largest absolute Gasteiger partial charge is 0.463 e. The fraction of sp³-hybridized carbons (Fsp3) is 0.500. The minimum atomic E-state index is -0.803. The normalized spacial score (nSPS) is 17.9. The zero-order valence-electron chi connectivity index (χ0n) is 11.4. The summed E-state index contributed by atoms with van der Waals surface area (Å²) in [6, 6.07) is 1.84. The van der Waals surface area contributed by atoms with E-state index < -0.39 is 18.0 Å². The number of ether oxygens (including phenoxy) is 2. The number of thiophene rings is 1. The third kappa shape index (κ3) is 3.45. The first kappa shape index (κ1) is 14.7. The number of aryl methyl sites for hydroxylation is 2. The first-order valence-corrected chi connectivity index (χ1v) is 7.25. The molecule has 0 unspecified atom stereocenters. The molecule has 1 aliphatic heterocycles. The van der Waals surface area contributed by atoms with Crippen molar-refractivity contribution in [3.05, 3.63) is 21.4 Å². The van der Waals surface area contributed by atoms with Crippen molar-refractivity contribution in [1.82, 2.24) is 0 Å². The second-order valence-electron chi connectivity index (χ2n) is 4.68. The lowest BCUT2D eigenvalue weighted by Gasteiger charge is -2.07. The molecule has 0 spiro atoms. The molecule has 1 aromatic rings. The highest BCUT2D eigenvalue weighted by Crippen LogP contribution is 2.22. The van der Waals surface area contributed by atoms with E-state index in [-0.39, 0.29) is 25.2 Å². The van der Waals surface area contributed by atoms with Gasteiger partial charge >= 0.3 is 11.9 Å². The summed E-state index contributed by atoms with van der Waals surface area (Å²) >= 11 is 1.56. The highest BCUT2D eigenvalue weighted by molar-refractivity contribution is 7.12. The van der Waals surface area contributed by atoms with Crippen molar-refractivity contribution in [2.75, 3.05) is 6.61 Å². The van der Waals surface area contributed by atoms with E-state index in [0.29, 0.717) is 12.0 Å². The highest BCUT2D eigenvalue weighted by atomic mass is 32.1. The van der Waals surface area contributed by atoms with Gasteiger partial charge in [-0.15, -0.1) is 11.3 Å². The van der Waals surface area contributed by atoms with Crippen LogP contribution < -0.4 is 0 Å². The molecule has 0 amide bonds. The molecule has 1 aromatic heterocycles. The third-order valence-corrected chi connectivity index (χ3v) is 4.02. The molecule has 0 bridgehead atoms. The maximum absolute atomic E-state index is 12.0. The van der Waals surface area contributed by atoms with E-state index in [9.17, 15) is 14.4 Å². The number of rotatable bonds is 5. The molecular formula is C14H16O5S. The van der Waals surface area contributed by atoms with Gasteiger partial charge in [0.1, 0.15) is 0 Å². The summed E-state index contributed by atoms with van der Waals surface area (Å²) in [6.45, 7) is 4.11. The molecule has 1 saturated heterocycles. The second kappa shape index (κ2) is 6.17. The Kier molecular flexibility index (Phi) is 4.54. The Balaban J connectivity index is 1.82. The Bertz CT molecular complexity index is 546. The number of hydrogen-bond donors (Lipinski definition) is 0. The minimum absolute atomic E-state index is 0.0169. The minimum Gasteiger partial charge on any atom is -0.463 e. The molecule has 5 nitrogen and oxygen atoms in total. The molecule has 0 aromatic carbocycles. The first-order valence-electron chi connectivity index (χ1n) is 6.43. The van der Waals surface area contributed by atoms with Gasteiger partial charge in [-0.2, -0.15) is 0 Å². The van der Waals surface area contributed by atoms with Crippen molar-refractivity contribution in [3.8, 4) is 0 Å². The van der Waals surface area contributed by atoms with Crippen molar-refractivity contribution in [2.45, 2.75) is 39.2 Å². The van der Waals surface area contributed by atoms with E-state index in [1.54, 1.807) is 11.3 Å². The van der Waals surface area contributed by atoms with E-state index in [2.05, 4.69) is 0 Å². The van der Waals surface area contributed by atoms with Gasteiger partial charge in [0.2, 0.25) is 6.10 Å². The van der Waals surface area contributed by atoms with Crippen LogP contribution in [0.2, 0.25) is 0 Å². The molecule has 20 heavy (non-hydrogen) atoms. The standard InChI is InChI=1S/C14H16O5S/c1-8-7-10(9(2)20-8)11(15)3-4-13(16)19-12-5-6-18-14(12)17/h7,12H,3-6H2,1-2H3/t12-/m1/s1. The summed E-state index contributed by atoms with van der Waals surface area (Å²) in [7, 11) is 0. The van der Waals surface area contributed by atoms with Crippen molar-refractivity contribution in [3.63, 3.8) is 0 Å². The van der Waals surface area contributed by atoms with Crippen molar-refractivity contribution < 1.29 is 23.9 Å². The summed E-state index contributed by atoms with van der Waals surface area (Å²) in [5.41, 5.74) is 0.667. The van der Waals surface area contributed by atoms with E-state index in [0.717, 1.165) is 9.75 Å². The van der Waals surface area contributed by atoms with Crippen LogP contribution in [0, 0.1) is 13.8 Å². The average Bonchev–Trinajstić information content (AvgIpc) is 2.93. The number of carbonyl (C=O) groups excluding carboxylic acids is 3. The Morgan fingerprint density at radius 3 is 2.70 bits per heavy atom. The van der Waals surface area contributed by atoms with Gasteiger partial charge < -0.3 is 9.47 Å². The molecule has 2 heterocycles. The SMILES string of the molecule is Cc1cc(C(=O)CCC(=O)O[C@@H]2CCOC2=O)c(C)s1. The maximum atomic E-state index is 12.0. The first-order chi connectivity index (χ1) is 9.47. The van der Waals surface area contributed by atoms with Gasteiger partial charge in [-0.3, -0.25) is 9.59 Å².